The van der Waals surface area contributed by atoms with E-state index in [4.69, 9.17) is 17.3 Å². The Morgan fingerprint density at radius 3 is 2.89 bits per heavy atom. The number of rotatable bonds is 3. The van der Waals surface area contributed by atoms with E-state index in [2.05, 4.69) is 6.92 Å². The normalized spacial score (nSPS) is 45.9. The molecule has 0 N–H and O–H groups in total. The molecule has 0 amide bonds. The second-order valence-corrected chi connectivity index (χ2v) is 7.86. The molecule has 1 heterocycles. The minimum absolute atomic E-state index is 0.0124. The van der Waals surface area contributed by atoms with Crippen LogP contribution in [-0.4, -0.2) is 35.3 Å². The highest BCUT2D eigenvalue weighted by molar-refractivity contribution is 14.1. The van der Waals surface area contributed by atoms with E-state index in [9.17, 15) is 9.59 Å². The van der Waals surface area contributed by atoms with Gasteiger partial charge in [-0.2, -0.15) is 0 Å². The molecule has 7 unspecified atom stereocenters. The van der Waals surface area contributed by atoms with E-state index in [-0.39, 0.29) is 41.8 Å². The van der Waals surface area contributed by atoms with Gasteiger partial charge in [0.2, 0.25) is 0 Å². The zero-order valence-electron chi connectivity index (χ0n) is 11.0. The van der Waals surface area contributed by atoms with Crippen LogP contribution in [-0.2, 0) is 19.1 Å². The zero-order valence-corrected chi connectivity index (χ0v) is 13.1. The van der Waals surface area contributed by atoms with E-state index in [0.717, 1.165) is 6.42 Å². The maximum absolute atomic E-state index is 12.1. The van der Waals surface area contributed by atoms with E-state index >= 15 is 0 Å². The second-order valence-electron chi connectivity index (χ2n) is 5.94. The first-order valence-electron chi connectivity index (χ1n) is 6.76. The summed E-state index contributed by atoms with van der Waals surface area (Å²) in [5.74, 6) is 0.190. The fourth-order valence-electron chi connectivity index (χ4n) is 3.87. The van der Waals surface area contributed by atoms with Crippen molar-refractivity contribution >= 4 is 42.4 Å². The summed E-state index contributed by atoms with van der Waals surface area (Å²) in [7, 11) is 5.90. The third kappa shape index (κ3) is 1.85. The van der Waals surface area contributed by atoms with E-state index < -0.39 is 9.29 Å². The molecule has 2 bridgehead atoms. The standard InChI is InChI=1S/C13H16BIO4/c1-3-13(14,15)12(17)19-9-6-4-7-8(5(6)2)11(16)18-10(7)9/h5-10H,3-4H2,1-2H3. The summed E-state index contributed by atoms with van der Waals surface area (Å²) in [6.45, 7) is 3.90. The summed E-state index contributed by atoms with van der Waals surface area (Å²) in [5, 5.41) is 0. The molecule has 4 nitrogen and oxygen atoms in total. The van der Waals surface area contributed by atoms with Crippen LogP contribution in [0.1, 0.15) is 26.7 Å². The smallest absolute Gasteiger partial charge is 0.313 e. The van der Waals surface area contributed by atoms with Crippen LogP contribution in [0.2, 0.25) is 0 Å². The summed E-state index contributed by atoms with van der Waals surface area (Å²) in [4.78, 5) is 23.9. The first kappa shape index (κ1) is 13.7. The lowest BCUT2D eigenvalue weighted by Crippen LogP contribution is -2.44. The topological polar surface area (TPSA) is 52.6 Å². The van der Waals surface area contributed by atoms with Crippen molar-refractivity contribution in [1.82, 2.24) is 0 Å². The van der Waals surface area contributed by atoms with Crippen LogP contribution in [0.3, 0.4) is 0 Å². The van der Waals surface area contributed by atoms with Crippen LogP contribution in [0, 0.1) is 23.7 Å². The average molecular weight is 374 g/mol. The Hall–Kier alpha value is -0.265. The van der Waals surface area contributed by atoms with E-state index in [1.54, 1.807) is 0 Å². The Morgan fingerprint density at radius 2 is 2.26 bits per heavy atom. The van der Waals surface area contributed by atoms with Gasteiger partial charge >= 0.3 is 11.9 Å². The van der Waals surface area contributed by atoms with Gasteiger partial charge in [0.25, 0.3) is 0 Å². The monoisotopic (exact) mass is 374 g/mol. The molecule has 102 valence electrons. The number of esters is 2. The number of halogens is 1. The molecule has 3 rings (SSSR count). The maximum atomic E-state index is 12.1. The molecule has 3 aliphatic rings. The van der Waals surface area contributed by atoms with Crippen molar-refractivity contribution in [1.29, 1.82) is 0 Å². The van der Waals surface area contributed by atoms with Gasteiger partial charge in [0.05, 0.1) is 9.24 Å². The SMILES string of the molecule is [B]C(I)(CC)C(=O)OC1C2CC3C1OC(=O)C3C2C. The van der Waals surface area contributed by atoms with Gasteiger partial charge in [-0.15, -0.1) is 0 Å². The predicted octanol–water partition coefficient (Wildman–Crippen LogP) is 1.44. The van der Waals surface area contributed by atoms with Crippen LogP contribution in [0.4, 0.5) is 0 Å². The lowest BCUT2D eigenvalue weighted by molar-refractivity contribution is -0.162. The van der Waals surface area contributed by atoms with Crippen molar-refractivity contribution in [3.05, 3.63) is 0 Å². The third-order valence-corrected chi connectivity index (χ3v) is 6.24. The van der Waals surface area contributed by atoms with Gasteiger partial charge in [0.1, 0.15) is 20.1 Å². The number of carbonyl (C=O) groups excluding carboxylic acids is 2. The molecule has 3 fully saturated rings. The van der Waals surface area contributed by atoms with Gasteiger partial charge in [-0.05, 0) is 18.8 Å². The molecule has 0 spiro atoms. The fraction of sp³-hybridized carbons (Fsp3) is 0.846. The number of ether oxygens (including phenoxy) is 2. The Balaban J connectivity index is 1.78. The summed E-state index contributed by atoms with van der Waals surface area (Å²) in [6.07, 6.45) is 0.882. The average Bonchev–Trinajstić information content (AvgIpc) is 2.93. The largest absolute Gasteiger partial charge is 0.458 e. The van der Waals surface area contributed by atoms with Crippen LogP contribution >= 0.6 is 22.6 Å². The van der Waals surface area contributed by atoms with E-state index in [1.807, 2.05) is 29.5 Å². The first-order chi connectivity index (χ1) is 8.86. The van der Waals surface area contributed by atoms with Crippen molar-refractivity contribution in [2.24, 2.45) is 23.7 Å². The van der Waals surface area contributed by atoms with Crippen molar-refractivity contribution in [3.8, 4) is 0 Å². The van der Waals surface area contributed by atoms with Gasteiger partial charge in [-0.3, -0.25) is 9.59 Å². The summed E-state index contributed by atoms with van der Waals surface area (Å²) in [6, 6.07) is 0. The van der Waals surface area contributed by atoms with Crippen molar-refractivity contribution < 1.29 is 19.1 Å². The molecule has 1 saturated heterocycles. The number of alkyl halides is 1. The van der Waals surface area contributed by atoms with E-state index in [0.29, 0.717) is 6.42 Å². The Bertz CT molecular complexity index is 438. The molecular formula is C13H16BIO4. The molecule has 1 aliphatic heterocycles. The molecule has 2 radical (unpaired) electrons. The maximum Gasteiger partial charge on any atom is 0.313 e. The number of hydrogen-bond acceptors (Lipinski definition) is 4. The highest BCUT2D eigenvalue weighted by atomic mass is 127. The van der Waals surface area contributed by atoms with Crippen LogP contribution < -0.4 is 0 Å². The molecule has 0 aromatic carbocycles. The number of hydrogen-bond donors (Lipinski definition) is 0. The summed E-state index contributed by atoms with van der Waals surface area (Å²) >= 11 is 1.92. The van der Waals surface area contributed by atoms with Crippen molar-refractivity contribution in [3.63, 3.8) is 0 Å². The first-order valence-corrected chi connectivity index (χ1v) is 7.84. The van der Waals surface area contributed by atoms with Crippen LogP contribution in [0.15, 0.2) is 0 Å². The Kier molecular flexibility index (Phi) is 3.15. The van der Waals surface area contributed by atoms with Crippen molar-refractivity contribution in [2.75, 3.05) is 0 Å². The summed E-state index contributed by atoms with van der Waals surface area (Å²) < 4.78 is 10.0. The predicted molar refractivity (Wildman–Crippen MR) is 76.8 cm³/mol. The Morgan fingerprint density at radius 1 is 1.58 bits per heavy atom. The summed E-state index contributed by atoms with van der Waals surface area (Å²) in [5.41, 5.74) is 0. The molecule has 0 aromatic heterocycles. The molecule has 19 heavy (non-hydrogen) atoms. The fourth-order valence-corrected chi connectivity index (χ4v) is 3.99. The lowest BCUT2D eigenvalue weighted by atomic mass is 9.79. The highest BCUT2D eigenvalue weighted by Crippen LogP contribution is 2.58. The third-order valence-electron chi connectivity index (χ3n) is 5.04. The van der Waals surface area contributed by atoms with Gasteiger partial charge < -0.3 is 9.47 Å². The lowest BCUT2D eigenvalue weighted by Gasteiger charge is -2.31. The molecule has 7 atom stereocenters. The minimum atomic E-state index is -0.995. The minimum Gasteiger partial charge on any atom is -0.458 e. The van der Waals surface area contributed by atoms with Gasteiger partial charge in [0, 0.05) is 11.8 Å². The number of fused-ring (bicyclic) bond motifs is 1. The highest BCUT2D eigenvalue weighted by Gasteiger charge is 2.66. The number of carbonyl (C=O) groups is 2. The molecule has 0 aromatic rings. The molecular weight excluding hydrogens is 358 g/mol. The van der Waals surface area contributed by atoms with Crippen molar-refractivity contribution in [2.45, 2.75) is 42.2 Å². The van der Waals surface area contributed by atoms with Crippen LogP contribution in [0.25, 0.3) is 0 Å². The van der Waals surface area contributed by atoms with Gasteiger partial charge in [-0.25, -0.2) is 0 Å². The van der Waals surface area contributed by atoms with Gasteiger partial charge in [-0.1, -0.05) is 36.4 Å². The van der Waals surface area contributed by atoms with Crippen LogP contribution in [0.5, 0.6) is 0 Å². The molecule has 2 saturated carbocycles. The van der Waals surface area contributed by atoms with Gasteiger partial charge in [0.15, 0.2) is 0 Å². The zero-order chi connectivity index (χ0) is 13.9. The Labute approximate surface area is 127 Å². The molecule has 6 heteroatoms. The quantitative estimate of drug-likeness (QED) is 0.325. The van der Waals surface area contributed by atoms with E-state index in [1.165, 1.54) is 0 Å². The molecule has 2 aliphatic carbocycles. The second kappa shape index (κ2) is 4.36.